The third-order valence-electron chi connectivity index (χ3n) is 2.38. The molecule has 0 saturated carbocycles. The maximum absolute atomic E-state index is 3.47. The van der Waals surface area contributed by atoms with Crippen LogP contribution in [0, 0.1) is 6.92 Å². The van der Waals surface area contributed by atoms with E-state index >= 15 is 0 Å². The summed E-state index contributed by atoms with van der Waals surface area (Å²) in [5.74, 6) is 0. The lowest BCUT2D eigenvalue weighted by atomic mass is 10.2. The minimum Gasteiger partial charge on any atom is -0.311 e. The summed E-state index contributed by atoms with van der Waals surface area (Å²) in [7, 11) is 0. The fourth-order valence-corrected chi connectivity index (χ4v) is 3.07. The lowest BCUT2D eigenvalue weighted by Crippen LogP contribution is -2.15. The van der Waals surface area contributed by atoms with Gasteiger partial charge >= 0.3 is 0 Å². The Labute approximate surface area is 98.8 Å². The first-order valence-corrected chi connectivity index (χ1v) is 6.88. The van der Waals surface area contributed by atoms with Crippen LogP contribution in [0.25, 0.3) is 0 Å². The van der Waals surface area contributed by atoms with Crippen LogP contribution >= 0.6 is 22.7 Å². The van der Waals surface area contributed by atoms with Crippen LogP contribution in [-0.4, -0.2) is 6.54 Å². The van der Waals surface area contributed by atoms with E-state index in [0.717, 1.165) is 19.5 Å². The average molecular weight is 237 g/mol. The zero-order valence-corrected chi connectivity index (χ0v) is 10.5. The Hall–Kier alpha value is -0.640. The smallest absolute Gasteiger partial charge is 0.0299 e. The van der Waals surface area contributed by atoms with Gasteiger partial charge in [0.05, 0.1) is 0 Å². The van der Waals surface area contributed by atoms with Crippen LogP contribution in [0.15, 0.2) is 29.0 Å². The largest absolute Gasteiger partial charge is 0.311 e. The molecule has 2 aromatic heterocycles. The monoisotopic (exact) mass is 237 g/mol. The highest BCUT2D eigenvalue weighted by atomic mass is 32.1. The number of rotatable bonds is 5. The number of nitrogens with one attached hydrogen (secondary N) is 1. The summed E-state index contributed by atoms with van der Waals surface area (Å²) in [6.07, 6.45) is 1.15. The maximum atomic E-state index is 3.47. The molecular formula is C12H15NS2. The number of hydrogen-bond donors (Lipinski definition) is 1. The standard InChI is InChI=1S/C12H15NS2/c1-10-5-8-15-12(10)4-6-13-9-11-3-2-7-14-11/h2-3,5,7-8,13H,4,6,9H2,1H3. The Bertz CT molecular complexity index is 389. The zero-order valence-electron chi connectivity index (χ0n) is 8.82. The van der Waals surface area contributed by atoms with Crippen LogP contribution in [0.5, 0.6) is 0 Å². The van der Waals surface area contributed by atoms with Crippen LogP contribution in [0.4, 0.5) is 0 Å². The second-order valence-corrected chi connectivity index (χ2v) is 5.57. The van der Waals surface area contributed by atoms with Gasteiger partial charge in [-0.1, -0.05) is 6.07 Å². The average Bonchev–Trinajstić information content (AvgIpc) is 2.85. The van der Waals surface area contributed by atoms with Gasteiger partial charge in [-0.2, -0.15) is 0 Å². The highest BCUT2D eigenvalue weighted by molar-refractivity contribution is 7.10. The Kier molecular flexibility index (Phi) is 3.94. The lowest BCUT2D eigenvalue weighted by Gasteiger charge is -2.02. The van der Waals surface area contributed by atoms with Crippen molar-refractivity contribution in [3.63, 3.8) is 0 Å². The first-order chi connectivity index (χ1) is 7.36. The van der Waals surface area contributed by atoms with Gasteiger partial charge in [0, 0.05) is 22.8 Å². The van der Waals surface area contributed by atoms with Gasteiger partial charge in [0.2, 0.25) is 0 Å². The Morgan fingerprint density at radius 2 is 2.13 bits per heavy atom. The van der Waals surface area contributed by atoms with Gasteiger partial charge in [0.1, 0.15) is 0 Å². The molecule has 0 aromatic carbocycles. The minimum atomic E-state index is 1.00. The van der Waals surface area contributed by atoms with E-state index in [2.05, 4.69) is 41.2 Å². The highest BCUT2D eigenvalue weighted by Crippen LogP contribution is 2.15. The molecule has 0 amide bonds. The summed E-state index contributed by atoms with van der Waals surface area (Å²) in [4.78, 5) is 2.92. The molecule has 15 heavy (non-hydrogen) atoms. The van der Waals surface area contributed by atoms with Crippen molar-refractivity contribution in [2.45, 2.75) is 19.9 Å². The first kappa shape index (κ1) is 10.9. The maximum Gasteiger partial charge on any atom is 0.0299 e. The molecule has 2 rings (SSSR count). The molecule has 0 unspecified atom stereocenters. The van der Waals surface area contributed by atoms with Crippen molar-refractivity contribution in [3.05, 3.63) is 44.3 Å². The lowest BCUT2D eigenvalue weighted by molar-refractivity contribution is 0.696. The van der Waals surface area contributed by atoms with Crippen LogP contribution in [-0.2, 0) is 13.0 Å². The minimum absolute atomic E-state index is 1.00. The fourth-order valence-electron chi connectivity index (χ4n) is 1.49. The summed E-state index contributed by atoms with van der Waals surface area (Å²) in [5.41, 5.74) is 1.43. The van der Waals surface area contributed by atoms with Gasteiger partial charge in [0.25, 0.3) is 0 Å². The van der Waals surface area contributed by atoms with Crippen LogP contribution in [0.1, 0.15) is 15.3 Å². The molecule has 0 aliphatic rings. The molecule has 0 radical (unpaired) electrons. The third-order valence-corrected chi connectivity index (χ3v) is 4.34. The second-order valence-electron chi connectivity index (χ2n) is 3.53. The second kappa shape index (κ2) is 5.45. The van der Waals surface area contributed by atoms with Gasteiger partial charge in [-0.15, -0.1) is 22.7 Å². The normalized spacial score (nSPS) is 10.7. The van der Waals surface area contributed by atoms with Crippen molar-refractivity contribution < 1.29 is 0 Å². The third kappa shape index (κ3) is 3.16. The van der Waals surface area contributed by atoms with E-state index in [1.807, 2.05) is 22.7 Å². The van der Waals surface area contributed by atoms with Gasteiger partial charge in [-0.05, 0) is 41.8 Å². The molecular weight excluding hydrogens is 222 g/mol. The van der Waals surface area contributed by atoms with Crippen molar-refractivity contribution in [1.29, 1.82) is 0 Å². The Balaban J connectivity index is 1.70. The molecule has 80 valence electrons. The molecule has 2 aromatic rings. The molecule has 0 bridgehead atoms. The van der Waals surface area contributed by atoms with E-state index in [9.17, 15) is 0 Å². The van der Waals surface area contributed by atoms with Crippen molar-refractivity contribution in [1.82, 2.24) is 5.32 Å². The summed E-state index contributed by atoms with van der Waals surface area (Å²) in [6, 6.07) is 6.47. The highest BCUT2D eigenvalue weighted by Gasteiger charge is 1.99. The molecule has 1 N–H and O–H groups in total. The van der Waals surface area contributed by atoms with Gasteiger partial charge < -0.3 is 5.32 Å². The van der Waals surface area contributed by atoms with Crippen molar-refractivity contribution in [2.75, 3.05) is 6.54 Å². The van der Waals surface area contributed by atoms with E-state index < -0.39 is 0 Å². The Morgan fingerprint density at radius 3 is 2.80 bits per heavy atom. The molecule has 0 saturated heterocycles. The molecule has 3 heteroatoms. The van der Waals surface area contributed by atoms with E-state index in [1.54, 1.807) is 0 Å². The zero-order chi connectivity index (χ0) is 10.5. The predicted molar refractivity (Wildman–Crippen MR) is 68.8 cm³/mol. The van der Waals surface area contributed by atoms with Crippen molar-refractivity contribution >= 4 is 22.7 Å². The van der Waals surface area contributed by atoms with Gasteiger partial charge in [0.15, 0.2) is 0 Å². The SMILES string of the molecule is Cc1ccsc1CCNCc1cccs1. The quantitative estimate of drug-likeness (QED) is 0.785. The van der Waals surface area contributed by atoms with E-state index in [-0.39, 0.29) is 0 Å². The van der Waals surface area contributed by atoms with Crippen molar-refractivity contribution in [3.8, 4) is 0 Å². The van der Waals surface area contributed by atoms with Crippen LogP contribution < -0.4 is 5.32 Å². The number of aryl methyl sites for hydroxylation is 1. The van der Waals surface area contributed by atoms with Crippen molar-refractivity contribution in [2.24, 2.45) is 0 Å². The number of thiophene rings is 2. The molecule has 0 aliphatic heterocycles. The Morgan fingerprint density at radius 1 is 1.20 bits per heavy atom. The molecule has 2 heterocycles. The topological polar surface area (TPSA) is 12.0 Å². The molecule has 0 fully saturated rings. The van der Waals surface area contributed by atoms with E-state index in [0.29, 0.717) is 0 Å². The summed E-state index contributed by atoms with van der Waals surface area (Å²) in [6.45, 7) is 4.26. The fraction of sp³-hybridized carbons (Fsp3) is 0.333. The van der Waals surface area contributed by atoms with E-state index in [4.69, 9.17) is 0 Å². The molecule has 0 atom stereocenters. The predicted octanol–water partition coefficient (Wildman–Crippen LogP) is 3.45. The summed E-state index contributed by atoms with van der Waals surface area (Å²) >= 11 is 3.67. The summed E-state index contributed by atoms with van der Waals surface area (Å²) < 4.78 is 0. The summed E-state index contributed by atoms with van der Waals surface area (Å²) in [5, 5.41) is 7.77. The molecule has 1 nitrogen and oxygen atoms in total. The number of hydrogen-bond acceptors (Lipinski definition) is 3. The first-order valence-electron chi connectivity index (χ1n) is 5.12. The van der Waals surface area contributed by atoms with Gasteiger partial charge in [-0.25, -0.2) is 0 Å². The van der Waals surface area contributed by atoms with E-state index in [1.165, 1.54) is 15.3 Å². The van der Waals surface area contributed by atoms with Crippen LogP contribution in [0.2, 0.25) is 0 Å². The molecule has 0 spiro atoms. The molecule has 0 aliphatic carbocycles. The van der Waals surface area contributed by atoms with Crippen LogP contribution in [0.3, 0.4) is 0 Å². The van der Waals surface area contributed by atoms with Gasteiger partial charge in [-0.3, -0.25) is 0 Å².